The molecule has 1 aromatic heterocycles. The van der Waals surface area contributed by atoms with Gasteiger partial charge in [-0.3, -0.25) is 9.78 Å². The second kappa shape index (κ2) is 8.39. The van der Waals surface area contributed by atoms with Crippen LogP contribution in [0.15, 0.2) is 12.4 Å². The van der Waals surface area contributed by atoms with Gasteiger partial charge in [0.05, 0.1) is 11.9 Å². The summed E-state index contributed by atoms with van der Waals surface area (Å²) in [6, 6.07) is 0. The van der Waals surface area contributed by atoms with E-state index < -0.39 is 0 Å². The number of halogens is 2. The van der Waals surface area contributed by atoms with Gasteiger partial charge >= 0.3 is 0 Å². The molecule has 2 rings (SSSR count). The number of carbonyl (C=O) groups is 1. The Labute approximate surface area is 132 Å². The van der Waals surface area contributed by atoms with E-state index in [-0.39, 0.29) is 36.1 Å². The molecule has 1 atom stereocenters. The highest BCUT2D eigenvalue weighted by Crippen LogP contribution is 2.24. The third-order valence-corrected chi connectivity index (χ3v) is 3.37. The van der Waals surface area contributed by atoms with Gasteiger partial charge in [-0.15, -0.1) is 24.8 Å². The fourth-order valence-corrected chi connectivity index (χ4v) is 2.16. The van der Waals surface area contributed by atoms with Crippen molar-refractivity contribution in [2.24, 2.45) is 5.41 Å². The van der Waals surface area contributed by atoms with E-state index in [0.29, 0.717) is 12.2 Å². The van der Waals surface area contributed by atoms with Crippen LogP contribution in [-0.2, 0) is 0 Å². The van der Waals surface area contributed by atoms with Crippen molar-refractivity contribution in [1.82, 2.24) is 20.6 Å². The lowest BCUT2D eigenvalue weighted by atomic mass is 9.83. The minimum Gasteiger partial charge on any atom is -0.350 e. The van der Waals surface area contributed by atoms with Crippen LogP contribution in [0.4, 0.5) is 0 Å². The van der Waals surface area contributed by atoms with Crippen molar-refractivity contribution in [3.05, 3.63) is 23.8 Å². The predicted octanol–water partition coefficient (Wildman–Crippen LogP) is 1.75. The lowest BCUT2D eigenvalue weighted by Gasteiger charge is -2.34. The van der Waals surface area contributed by atoms with E-state index in [1.165, 1.54) is 6.20 Å². The molecule has 1 amide bonds. The van der Waals surface area contributed by atoms with Gasteiger partial charge in [-0.25, -0.2) is 4.98 Å². The van der Waals surface area contributed by atoms with Crippen LogP contribution < -0.4 is 10.6 Å². The molecule has 1 aromatic rings. The van der Waals surface area contributed by atoms with Gasteiger partial charge in [-0.05, 0) is 31.7 Å². The number of aryl methyl sites for hydroxylation is 1. The number of piperidine rings is 1. The minimum atomic E-state index is -0.144. The second-order valence-corrected chi connectivity index (χ2v) is 5.32. The first-order chi connectivity index (χ1) is 8.59. The predicted molar refractivity (Wildman–Crippen MR) is 83.8 cm³/mol. The SMILES string of the molecule is Cc1cnc(C(=O)NCC2(C)CCCNC2)cn1.Cl.Cl. The summed E-state index contributed by atoms with van der Waals surface area (Å²) in [5.41, 5.74) is 1.34. The molecule has 114 valence electrons. The molecule has 0 aliphatic carbocycles. The lowest BCUT2D eigenvalue weighted by molar-refractivity contribution is 0.0919. The molecule has 5 nitrogen and oxygen atoms in total. The van der Waals surface area contributed by atoms with E-state index in [1.807, 2.05) is 6.92 Å². The van der Waals surface area contributed by atoms with E-state index in [2.05, 4.69) is 27.5 Å². The van der Waals surface area contributed by atoms with Crippen molar-refractivity contribution in [3.8, 4) is 0 Å². The zero-order valence-corrected chi connectivity index (χ0v) is 13.4. The number of nitrogens with zero attached hydrogens (tertiary/aromatic N) is 2. The largest absolute Gasteiger partial charge is 0.350 e. The van der Waals surface area contributed by atoms with Crippen LogP contribution in [-0.4, -0.2) is 35.5 Å². The molecule has 2 heterocycles. The normalized spacial score (nSPS) is 21.3. The molecule has 2 N–H and O–H groups in total. The number of hydrogen-bond acceptors (Lipinski definition) is 4. The summed E-state index contributed by atoms with van der Waals surface area (Å²) in [5, 5.41) is 6.31. The molecule has 0 saturated carbocycles. The highest BCUT2D eigenvalue weighted by atomic mass is 35.5. The summed E-state index contributed by atoms with van der Waals surface area (Å²) in [4.78, 5) is 20.1. The number of carbonyl (C=O) groups excluding carboxylic acids is 1. The van der Waals surface area contributed by atoms with Crippen LogP contribution in [0.25, 0.3) is 0 Å². The third kappa shape index (κ3) is 5.23. The van der Waals surface area contributed by atoms with Gasteiger partial charge in [0.15, 0.2) is 0 Å². The summed E-state index contributed by atoms with van der Waals surface area (Å²) in [6.07, 6.45) is 5.43. The maximum atomic E-state index is 11.9. The van der Waals surface area contributed by atoms with Gasteiger partial charge in [0.2, 0.25) is 0 Å². The molecule has 0 bridgehead atoms. The summed E-state index contributed by atoms with van der Waals surface area (Å²) in [5.74, 6) is -0.144. The molecule has 1 aliphatic rings. The Balaban J connectivity index is 0.00000180. The van der Waals surface area contributed by atoms with Crippen molar-refractivity contribution in [2.75, 3.05) is 19.6 Å². The summed E-state index contributed by atoms with van der Waals surface area (Å²) >= 11 is 0. The topological polar surface area (TPSA) is 66.9 Å². The number of hydrogen-bond donors (Lipinski definition) is 2. The average Bonchev–Trinajstić information content (AvgIpc) is 2.38. The molecule has 20 heavy (non-hydrogen) atoms. The van der Waals surface area contributed by atoms with Gasteiger partial charge < -0.3 is 10.6 Å². The Morgan fingerprint density at radius 3 is 2.70 bits per heavy atom. The Bertz CT molecular complexity index is 419. The van der Waals surface area contributed by atoms with E-state index in [1.54, 1.807) is 6.20 Å². The monoisotopic (exact) mass is 320 g/mol. The van der Waals surface area contributed by atoms with Gasteiger partial charge in [0, 0.05) is 19.3 Å². The van der Waals surface area contributed by atoms with Crippen LogP contribution in [0, 0.1) is 12.3 Å². The molecule has 7 heteroatoms. The average molecular weight is 321 g/mol. The number of aromatic nitrogens is 2. The fraction of sp³-hybridized carbons (Fsp3) is 0.615. The Kier molecular flexibility index (Phi) is 8.01. The maximum absolute atomic E-state index is 11.9. The quantitative estimate of drug-likeness (QED) is 0.890. The van der Waals surface area contributed by atoms with E-state index in [0.717, 1.165) is 31.6 Å². The van der Waals surface area contributed by atoms with E-state index in [4.69, 9.17) is 0 Å². The Morgan fingerprint density at radius 1 is 1.40 bits per heavy atom. The summed E-state index contributed by atoms with van der Waals surface area (Å²) < 4.78 is 0. The number of rotatable bonds is 3. The van der Waals surface area contributed by atoms with Gasteiger partial charge in [0.1, 0.15) is 5.69 Å². The highest BCUT2D eigenvalue weighted by molar-refractivity contribution is 5.91. The van der Waals surface area contributed by atoms with Gasteiger partial charge in [-0.2, -0.15) is 0 Å². The highest BCUT2D eigenvalue weighted by Gasteiger charge is 2.27. The van der Waals surface area contributed by atoms with Crippen LogP contribution >= 0.6 is 24.8 Å². The minimum absolute atomic E-state index is 0. The third-order valence-electron chi connectivity index (χ3n) is 3.37. The maximum Gasteiger partial charge on any atom is 0.271 e. The van der Waals surface area contributed by atoms with E-state index in [9.17, 15) is 4.79 Å². The first kappa shape index (κ1) is 19.1. The smallest absolute Gasteiger partial charge is 0.271 e. The Morgan fingerprint density at radius 2 is 2.15 bits per heavy atom. The molecule has 0 aromatic carbocycles. The zero-order chi connectivity index (χ0) is 13.0. The van der Waals surface area contributed by atoms with E-state index >= 15 is 0 Å². The fourth-order valence-electron chi connectivity index (χ4n) is 2.16. The molecular formula is C13H22Cl2N4O. The van der Waals surface area contributed by atoms with Crippen molar-refractivity contribution in [1.29, 1.82) is 0 Å². The first-order valence-electron chi connectivity index (χ1n) is 6.37. The summed E-state index contributed by atoms with van der Waals surface area (Å²) in [6.45, 7) is 6.75. The molecule has 1 saturated heterocycles. The molecule has 0 radical (unpaired) electrons. The molecular weight excluding hydrogens is 299 g/mol. The standard InChI is InChI=1S/C13H20N4O.2ClH/c1-10-6-16-11(7-15-10)12(18)17-9-13(2)4-3-5-14-8-13;;/h6-7,14H,3-5,8-9H2,1-2H3,(H,17,18);2*1H. The summed E-state index contributed by atoms with van der Waals surface area (Å²) in [7, 11) is 0. The second-order valence-electron chi connectivity index (χ2n) is 5.32. The zero-order valence-electron chi connectivity index (χ0n) is 11.8. The lowest BCUT2D eigenvalue weighted by Crippen LogP contribution is -2.45. The van der Waals surface area contributed by atoms with Crippen LogP contribution in [0.5, 0.6) is 0 Å². The molecule has 1 aliphatic heterocycles. The molecule has 0 spiro atoms. The number of amides is 1. The van der Waals surface area contributed by atoms with Crippen LogP contribution in [0.1, 0.15) is 35.9 Å². The Hall–Kier alpha value is -0.910. The van der Waals surface area contributed by atoms with Crippen molar-refractivity contribution in [3.63, 3.8) is 0 Å². The first-order valence-corrected chi connectivity index (χ1v) is 6.37. The van der Waals surface area contributed by atoms with Crippen molar-refractivity contribution < 1.29 is 4.79 Å². The van der Waals surface area contributed by atoms with Gasteiger partial charge in [-0.1, -0.05) is 6.92 Å². The number of nitrogens with one attached hydrogen (secondary N) is 2. The molecule has 1 unspecified atom stereocenters. The van der Waals surface area contributed by atoms with Crippen molar-refractivity contribution in [2.45, 2.75) is 26.7 Å². The van der Waals surface area contributed by atoms with Gasteiger partial charge in [0.25, 0.3) is 5.91 Å². The van der Waals surface area contributed by atoms with Crippen LogP contribution in [0.2, 0.25) is 0 Å². The van der Waals surface area contributed by atoms with Crippen LogP contribution in [0.3, 0.4) is 0 Å². The molecule has 1 fully saturated rings. The van der Waals surface area contributed by atoms with Crippen molar-refractivity contribution >= 4 is 30.7 Å².